The van der Waals surface area contributed by atoms with Gasteiger partial charge in [0.2, 0.25) is 5.91 Å². The number of aromatic nitrogens is 1. The molecule has 17 heavy (non-hydrogen) atoms. The molecular weight excluding hydrogens is 240 g/mol. The summed E-state index contributed by atoms with van der Waals surface area (Å²) in [6, 6.07) is 3.54. The minimum Gasteiger partial charge on any atom is -0.370 e. The molecule has 1 rings (SSSR count). The van der Waals surface area contributed by atoms with Crippen molar-refractivity contribution in [2.75, 3.05) is 11.9 Å². The second-order valence-corrected chi connectivity index (χ2v) is 3.86. The first kappa shape index (κ1) is 13.3. The van der Waals surface area contributed by atoms with Crippen molar-refractivity contribution in [1.29, 1.82) is 5.26 Å². The lowest BCUT2D eigenvalue weighted by molar-refractivity contribution is -0.118. The van der Waals surface area contributed by atoms with Crippen LogP contribution in [0.4, 0.5) is 5.82 Å². The molecule has 0 saturated heterocycles. The fourth-order valence-corrected chi connectivity index (χ4v) is 1.51. The zero-order valence-electron chi connectivity index (χ0n) is 9.24. The Morgan fingerprint density at radius 2 is 2.35 bits per heavy atom. The number of hydrogen-bond acceptors (Lipinski definition) is 4. The summed E-state index contributed by atoms with van der Waals surface area (Å²) in [5.74, 6) is 0.192. The lowest BCUT2D eigenvalue weighted by Crippen LogP contribution is -2.11. The maximum atomic E-state index is 10.5. The molecule has 6 heteroatoms. The highest BCUT2D eigenvalue weighted by Crippen LogP contribution is 2.22. The lowest BCUT2D eigenvalue weighted by Gasteiger charge is -2.07. The Bertz CT molecular complexity index is 442. The Balaban J connectivity index is 2.42. The average Bonchev–Trinajstić information content (AvgIpc) is 2.30. The van der Waals surface area contributed by atoms with E-state index >= 15 is 0 Å². The first-order chi connectivity index (χ1) is 8.15. The molecule has 1 aromatic heterocycles. The average molecular weight is 253 g/mol. The number of hydrogen-bond donors (Lipinski definition) is 2. The summed E-state index contributed by atoms with van der Waals surface area (Å²) in [5.41, 5.74) is 5.41. The number of nitrogens with two attached hydrogens (primary N) is 1. The summed E-state index contributed by atoms with van der Waals surface area (Å²) in [6.45, 7) is 0.634. The van der Waals surface area contributed by atoms with Crippen LogP contribution < -0.4 is 11.1 Å². The van der Waals surface area contributed by atoms with Crippen LogP contribution in [0.5, 0.6) is 0 Å². The number of carbonyl (C=O) groups is 1. The van der Waals surface area contributed by atoms with Gasteiger partial charge in [-0.1, -0.05) is 11.6 Å². The predicted molar refractivity (Wildman–Crippen MR) is 65.5 cm³/mol. The van der Waals surface area contributed by atoms with E-state index in [2.05, 4.69) is 10.3 Å². The van der Waals surface area contributed by atoms with Crippen molar-refractivity contribution in [2.45, 2.75) is 19.3 Å². The lowest BCUT2D eigenvalue weighted by atomic mass is 10.2. The smallest absolute Gasteiger partial charge is 0.217 e. The molecule has 0 aliphatic carbocycles. The van der Waals surface area contributed by atoms with Gasteiger partial charge < -0.3 is 11.1 Å². The minimum atomic E-state index is -0.298. The zero-order chi connectivity index (χ0) is 12.7. The Morgan fingerprint density at radius 1 is 1.59 bits per heavy atom. The molecule has 0 unspecified atom stereocenters. The molecule has 0 fully saturated rings. The number of nitrogens with zero attached hydrogens (tertiary/aromatic N) is 2. The molecule has 0 radical (unpaired) electrons. The molecule has 0 atom stereocenters. The highest BCUT2D eigenvalue weighted by Gasteiger charge is 2.06. The Morgan fingerprint density at radius 3 is 3.00 bits per heavy atom. The second kappa shape index (κ2) is 6.71. The van der Waals surface area contributed by atoms with Gasteiger partial charge in [0, 0.05) is 19.2 Å². The molecule has 0 aromatic carbocycles. The number of anilines is 1. The van der Waals surface area contributed by atoms with Crippen molar-refractivity contribution in [1.82, 2.24) is 4.98 Å². The van der Waals surface area contributed by atoms with Crippen molar-refractivity contribution in [3.05, 3.63) is 22.8 Å². The molecule has 5 nitrogen and oxygen atoms in total. The number of pyridine rings is 1. The van der Waals surface area contributed by atoms with Gasteiger partial charge in [-0.3, -0.25) is 4.79 Å². The van der Waals surface area contributed by atoms with Crippen LogP contribution in [0.2, 0.25) is 5.02 Å². The number of nitriles is 1. The van der Waals surface area contributed by atoms with Crippen LogP contribution in [-0.2, 0) is 4.79 Å². The SMILES string of the molecule is N#Cc1ccnc(NCCCCC(N)=O)c1Cl. The molecule has 1 aromatic rings. The Kier molecular flexibility index (Phi) is 5.24. The maximum absolute atomic E-state index is 10.5. The van der Waals surface area contributed by atoms with E-state index in [1.807, 2.05) is 6.07 Å². The fraction of sp³-hybridized carbons (Fsp3) is 0.364. The van der Waals surface area contributed by atoms with Crippen molar-refractivity contribution >= 4 is 23.3 Å². The molecule has 1 amide bonds. The van der Waals surface area contributed by atoms with Crippen molar-refractivity contribution in [3.63, 3.8) is 0 Å². The number of nitrogens with one attached hydrogen (secondary N) is 1. The molecule has 0 aliphatic heterocycles. The molecular formula is C11H13ClN4O. The summed E-state index contributed by atoms with van der Waals surface area (Å²) in [7, 11) is 0. The number of amides is 1. The van der Waals surface area contributed by atoms with Gasteiger partial charge in [-0.05, 0) is 18.9 Å². The molecule has 0 saturated carbocycles. The van der Waals surface area contributed by atoms with Gasteiger partial charge in [-0.2, -0.15) is 5.26 Å². The molecule has 0 bridgehead atoms. The standard InChI is InChI=1S/C11H13ClN4O/c12-10-8(7-13)4-6-16-11(10)15-5-2-1-3-9(14)17/h4,6H,1-3,5H2,(H2,14,17)(H,15,16). The molecule has 0 aliphatic rings. The normalized spacial score (nSPS) is 9.65. The minimum absolute atomic E-state index is 0.298. The largest absolute Gasteiger partial charge is 0.370 e. The maximum Gasteiger partial charge on any atom is 0.217 e. The van der Waals surface area contributed by atoms with Gasteiger partial charge in [-0.25, -0.2) is 4.98 Å². The van der Waals surface area contributed by atoms with E-state index < -0.39 is 0 Å². The van der Waals surface area contributed by atoms with Crippen molar-refractivity contribution in [2.24, 2.45) is 5.73 Å². The summed E-state index contributed by atoms with van der Waals surface area (Å²) < 4.78 is 0. The van der Waals surface area contributed by atoms with E-state index in [-0.39, 0.29) is 5.91 Å². The number of rotatable bonds is 6. The van der Waals surface area contributed by atoms with Gasteiger partial charge in [0.15, 0.2) is 0 Å². The number of primary amides is 1. The molecule has 3 N–H and O–H groups in total. The van der Waals surface area contributed by atoms with E-state index in [4.69, 9.17) is 22.6 Å². The number of halogens is 1. The van der Waals surface area contributed by atoms with E-state index in [1.54, 1.807) is 6.07 Å². The molecule has 1 heterocycles. The zero-order valence-corrected chi connectivity index (χ0v) is 10.00. The van der Waals surface area contributed by atoms with E-state index in [9.17, 15) is 4.79 Å². The van der Waals surface area contributed by atoms with Crippen LogP contribution in [0, 0.1) is 11.3 Å². The third-order valence-corrected chi connectivity index (χ3v) is 2.53. The van der Waals surface area contributed by atoms with E-state index in [0.717, 1.165) is 12.8 Å². The highest BCUT2D eigenvalue weighted by molar-refractivity contribution is 6.34. The first-order valence-corrected chi connectivity index (χ1v) is 5.59. The third kappa shape index (κ3) is 4.29. The van der Waals surface area contributed by atoms with Gasteiger partial charge in [0.25, 0.3) is 0 Å². The van der Waals surface area contributed by atoms with Gasteiger partial charge in [-0.15, -0.1) is 0 Å². The summed E-state index contributed by atoms with van der Waals surface area (Å²) >= 11 is 5.95. The van der Waals surface area contributed by atoms with Gasteiger partial charge in [0.1, 0.15) is 16.9 Å². The van der Waals surface area contributed by atoms with Crippen LogP contribution in [0.3, 0.4) is 0 Å². The summed E-state index contributed by atoms with van der Waals surface area (Å²) in [4.78, 5) is 14.5. The monoisotopic (exact) mass is 252 g/mol. The van der Waals surface area contributed by atoms with E-state index in [0.29, 0.717) is 29.4 Å². The Labute approximate surface area is 105 Å². The quantitative estimate of drug-likeness (QED) is 0.754. The second-order valence-electron chi connectivity index (χ2n) is 3.48. The number of carbonyl (C=O) groups excluding carboxylic acids is 1. The van der Waals surface area contributed by atoms with E-state index in [1.165, 1.54) is 6.20 Å². The predicted octanol–water partition coefficient (Wildman–Crippen LogP) is 1.67. The van der Waals surface area contributed by atoms with Gasteiger partial charge >= 0.3 is 0 Å². The van der Waals surface area contributed by atoms with Crippen LogP contribution >= 0.6 is 11.6 Å². The first-order valence-electron chi connectivity index (χ1n) is 5.22. The van der Waals surface area contributed by atoms with Gasteiger partial charge in [0.05, 0.1) is 5.56 Å². The van der Waals surface area contributed by atoms with Crippen LogP contribution in [-0.4, -0.2) is 17.4 Å². The van der Waals surface area contributed by atoms with Crippen LogP contribution in [0.25, 0.3) is 0 Å². The Hall–Kier alpha value is -1.80. The fourth-order valence-electron chi connectivity index (χ4n) is 1.28. The third-order valence-electron chi connectivity index (χ3n) is 2.15. The topological polar surface area (TPSA) is 91.8 Å². The summed E-state index contributed by atoms with van der Waals surface area (Å²) in [5, 5.41) is 12.1. The van der Waals surface area contributed by atoms with Crippen molar-refractivity contribution < 1.29 is 4.79 Å². The molecule has 0 spiro atoms. The van der Waals surface area contributed by atoms with Crippen LogP contribution in [0.15, 0.2) is 12.3 Å². The van der Waals surface area contributed by atoms with Crippen LogP contribution in [0.1, 0.15) is 24.8 Å². The highest BCUT2D eigenvalue weighted by atomic mass is 35.5. The van der Waals surface area contributed by atoms with Crippen molar-refractivity contribution in [3.8, 4) is 6.07 Å². The summed E-state index contributed by atoms with van der Waals surface area (Å²) in [6.07, 6.45) is 3.41. The number of unbranched alkanes of at least 4 members (excludes halogenated alkanes) is 1. The molecule has 90 valence electrons.